The summed E-state index contributed by atoms with van der Waals surface area (Å²) in [6.45, 7) is 4.70. The molecule has 0 saturated carbocycles. The molecule has 2 aromatic rings. The van der Waals surface area contributed by atoms with Gasteiger partial charge >= 0.3 is 6.03 Å². The van der Waals surface area contributed by atoms with E-state index < -0.39 is 0 Å². The van der Waals surface area contributed by atoms with Crippen LogP contribution >= 0.6 is 0 Å². The number of nitrogens with one attached hydrogen (secondary N) is 1. The van der Waals surface area contributed by atoms with Crippen LogP contribution in [0, 0.1) is 11.7 Å². The normalized spacial score (nSPS) is 20.2. The number of carbonyl (C=O) groups is 1. The average Bonchev–Trinajstić information content (AvgIpc) is 2.70. The summed E-state index contributed by atoms with van der Waals surface area (Å²) in [5.41, 5.74) is 3.54. The molecule has 1 fully saturated rings. The lowest BCUT2D eigenvalue weighted by molar-refractivity contribution is 0.140. The molecular formula is C22H26FN3O. The van der Waals surface area contributed by atoms with E-state index >= 15 is 0 Å². The van der Waals surface area contributed by atoms with Gasteiger partial charge in [-0.05, 0) is 60.6 Å². The molecule has 0 spiro atoms. The minimum Gasteiger partial charge on any atom is -0.324 e. The number of amides is 2. The number of piperidine rings is 1. The Morgan fingerprint density at radius 3 is 2.67 bits per heavy atom. The number of benzene rings is 2. The maximum Gasteiger partial charge on any atom is 0.321 e. The molecule has 2 aromatic carbocycles. The van der Waals surface area contributed by atoms with Crippen LogP contribution in [0.15, 0.2) is 48.5 Å². The highest BCUT2D eigenvalue weighted by atomic mass is 19.1. The minimum absolute atomic E-state index is 0.0877. The lowest BCUT2D eigenvalue weighted by Crippen LogP contribution is -2.46. The Morgan fingerprint density at radius 1 is 1.07 bits per heavy atom. The topological polar surface area (TPSA) is 35.6 Å². The maximum atomic E-state index is 13.0. The number of hydrogen-bond donors (Lipinski definition) is 1. The van der Waals surface area contributed by atoms with E-state index in [1.54, 1.807) is 12.1 Å². The molecule has 2 aliphatic heterocycles. The zero-order valence-corrected chi connectivity index (χ0v) is 15.5. The first-order valence-corrected chi connectivity index (χ1v) is 9.78. The summed E-state index contributed by atoms with van der Waals surface area (Å²) in [5, 5.41) is 2.88. The summed E-state index contributed by atoms with van der Waals surface area (Å²) in [4.78, 5) is 17.0. The predicted molar refractivity (Wildman–Crippen MR) is 105 cm³/mol. The molecular weight excluding hydrogens is 341 g/mol. The summed E-state index contributed by atoms with van der Waals surface area (Å²) in [6.07, 6.45) is 3.31. The van der Waals surface area contributed by atoms with E-state index in [0.29, 0.717) is 11.6 Å². The summed E-state index contributed by atoms with van der Waals surface area (Å²) >= 11 is 0. The van der Waals surface area contributed by atoms with E-state index in [2.05, 4.69) is 34.5 Å². The van der Waals surface area contributed by atoms with Gasteiger partial charge in [0.05, 0.1) is 0 Å². The number of carbonyl (C=O) groups excluding carboxylic acids is 1. The van der Waals surface area contributed by atoms with Crippen LogP contribution in [-0.4, -0.2) is 42.0 Å². The van der Waals surface area contributed by atoms with Crippen LogP contribution in [0.5, 0.6) is 0 Å². The molecule has 1 atom stereocenters. The second-order valence-corrected chi connectivity index (χ2v) is 7.65. The smallest absolute Gasteiger partial charge is 0.321 e. The highest BCUT2D eigenvalue weighted by Crippen LogP contribution is 2.23. The lowest BCUT2D eigenvalue weighted by Gasteiger charge is -2.37. The predicted octanol–water partition coefficient (Wildman–Crippen LogP) is 4.13. The highest BCUT2D eigenvalue weighted by molar-refractivity contribution is 5.89. The van der Waals surface area contributed by atoms with Crippen LogP contribution in [0.3, 0.4) is 0 Å². The molecule has 2 aliphatic rings. The van der Waals surface area contributed by atoms with E-state index in [0.717, 1.165) is 45.6 Å². The third kappa shape index (κ3) is 4.48. The van der Waals surface area contributed by atoms with Gasteiger partial charge in [0.1, 0.15) is 5.82 Å². The van der Waals surface area contributed by atoms with Gasteiger partial charge < -0.3 is 10.2 Å². The van der Waals surface area contributed by atoms with Crippen LogP contribution < -0.4 is 5.32 Å². The Balaban J connectivity index is 1.31. The quantitative estimate of drug-likeness (QED) is 0.885. The van der Waals surface area contributed by atoms with E-state index in [1.807, 2.05) is 4.90 Å². The molecule has 0 bridgehead atoms. The molecule has 1 saturated heterocycles. The van der Waals surface area contributed by atoms with Gasteiger partial charge in [-0.1, -0.05) is 24.3 Å². The van der Waals surface area contributed by atoms with E-state index in [4.69, 9.17) is 0 Å². The van der Waals surface area contributed by atoms with Gasteiger partial charge in [-0.3, -0.25) is 4.90 Å². The first-order valence-electron chi connectivity index (χ1n) is 9.78. The fourth-order valence-electron chi connectivity index (χ4n) is 4.21. The molecule has 142 valence electrons. The summed E-state index contributed by atoms with van der Waals surface area (Å²) in [5.74, 6) is 0.206. The first-order chi connectivity index (χ1) is 13.2. The first kappa shape index (κ1) is 18.0. The van der Waals surface area contributed by atoms with Crippen molar-refractivity contribution >= 4 is 11.7 Å². The van der Waals surface area contributed by atoms with E-state index in [1.165, 1.54) is 29.7 Å². The van der Waals surface area contributed by atoms with Crippen LogP contribution in [0.1, 0.15) is 24.0 Å². The number of halogens is 1. The minimum atomic E-state index is -0.297. The molecule has 0 aliphatic carbocycles. The van der Waals surface area contributed by atoms with Crippen molar-refractivity contribution in [2.45, 2.75) is 25.8 Å². The average molecular weight is 367 g/mol. The number of urea groups is 1. The summed E-state index contributed by atoms with van der Waals surface area (Å²) < 4.78 is 13.0. The van der Waals surface area contributed by atoms with Gasteiger partial charge in [0.2, 0.25) is 0 Å². The number of rotatable bonds is 3. The maximum absolute atomic E-state index is 13.0. The van der Waals surface area contributed by atoms with Gasteiger partial charge in [-0.2, -0.15) is 0 Å². The zero-order chi connectivity index (χ0) is 18.6. The lowest BCUT2D eigenvalue weighted by atomic mass is 9.95. The van der Waals surface area contributed by atoms with Gasteiger partial charge in [-0.15, -0.1) is 0 Å². The van der Waals surface area contributed by atoms with Crippen molar-refractivity contribution in [2.24, 2.45) is 5.92 Å². The van der Waals surface area contributed by atoms with Crippen molar-refractivity contribution in [1.82, 2.24) is 9.80 Å². The number of fused-ring (bicyclic) bond motifs is 1. The summed E-state index contributed by atoms with van der Waals surface area (Å²) in [7, 11) is 0. The van der Waals surface area contributed by atoms with Crippen molar-refractivity contribution in [3.05, 3.63) is 65.5 Å². The van der Waals surface area contributed by atoms with Crippen LogP contribution in [0.2, 0.25) is 0 Å². The van der Waals surface area contributed by atoms with Gasteiger partial charge in [-0.25, -0.2) is 9.18 Å². The van der Waals surface area contributed by atoms with Gasteiger partial charge in [0.15, 0.2) is 0 Å². The molecule has 27 heavy (non-hydrogen) atoms. The molecule has 2 heterocycles. The fourth-order valence-corrected chi connectivity index (χ4v) is 4.21. The van der Waals surface area contributed by atoms with Crippen molar-refractivity contribution in [3.63, 3.8) is 0 Å². The highest BCUT2D eigenvalue weighted by Gasteiger charge is 2.26. The van der Waals surface area contributed by atoms with Crippen molar-refractivity contribution < 1.29 is 9.18 Å². The number of nitrogens with zero attached hydrogens (tertiary/aromatic N) is 2. The number of anilines is 1. The Hall–Kier alpha value is -2.40. The SMILES string of the molecule is O=C(Nc1ccc(F)cc1)N1CCC[C@@H](CN2CCc3ccccc3C2)C1. The molecule has 4 nitrogen and oxygen atoms in total. The Morgan fingerprint density at radius 2 is 1.85 bits per heavy atom. The second kappa shape index (κ2) is 8.09. The third-order valence-corrected chi connectivity index (χ3v) is 5.63. The van der Waals surface area contributed by atoms with Crippen molar-refractivity contribution in [3.8, 4) is 0 Å². The number of hydrogen-bond acceptors (Lipinski definition) is 2. The zero-order valence-electron chi connectivity index (χ0n) is 15.5. The Bertz CT molecular complexity index is 792. The van der Waals surface area contributed by atoms with Crippen molar-refractivity contribution in [2.75, 3.05) is 31.5 Å². The van der Waals surface area contributed by atoms with Crippen LogP contribution in [-0.2, 0) is 13.0 Å². The molecule has 0 aromatic heterocycles. The molecule has 0 radical (unpaired) electrons. The van der Waals surface area contributed by atoms with Gasteiger partial charge in [0.25, 0.3) is 0 Å². The number of likely N-dealkylation sites (tertiary alicyclic amines) is 1. The molecule has 1 N–H and O–H groups in total. The molecule has 2 amide bonds. The Labute approximate surface area is 160 Å². The second-order valence-electron chi connectivity index (χ2n) is 7.65. The van der Waals surface area contributed by atoms with Crippen LogP contribution in [0.4, 0.5) is 14.9 Å². The Kier molecular flexibility index (Phi) is 5.39. The third-order valence-electron chi connectivity index (χ3n) is 5.63. The standard InChI is InChI=1S/C22H26FN3O/c23-20-7-9-21(10-8-20)24-22(27)26-12-3-4-17(15-26)14-25-13-11-18-5-1-2-6-19(18)16-25/h1-2,5-10,17H,3-4,11-16H2,(H,24,27)/t17-/m0/s1. The van der Waals surface area contributed by atoms with E-state index in [-0.39, 0.29) is 11.8 Å². The largest absolute Gasteiger partial charge is 0.324 e. The van der Waals surface area contributed by atoms with Crippen LogP contribution in [0.25, 0.3) is 0 Å². The fraction of sp³-hybridized carbons (Fsp3) is 0.409. The monoisotopic (exact) mass is 367 g/mol. The summed E-state index contributed by atoms with van der Waals surface area (Å²) in [6, 6.07) is 14.5. The van der Waals surface area contributed by atoms with Gasteiger partial charge in [0, 0.05) is 38.4 Å². The molecule has 0 unspecified atom stereocenters. The van der Waals surface area contributed by atoms with E-state index in [9.17, 15) is 9.18 Å². The molecule has 5 heteroatoms. The molecule has 4 rings (SSSR count). The van der Waals surface area contributed by atoms with Crippen molar-refractivity contribution in [1.29, 1.82) is 0 Å².